The number of carboxylic acid groups (broad SMARTS) is 1. The average Bonchev–Trinajstić information content (AvgIpc) is 3.02. The van der Waals surface area contributed by atoms with Crippen molar-refractivity contribution in [3.63, 3.8) is 0 Å². The molecule has 25 heavy (non-hydrogen) atoms. The molecule has 6 nitrogen and oxygen atoms in total. The van der Waals surface area contributed by atoms with Crippen LogP contribution in [0, 0.1) is 0 Å². The molecule has 1 amide bonds. The van der Waals surface area contributed by atoms with Crippen molar-refractivity contribution >= 4 is 34.0 Å². The molecule has 1 aromatic heterocycles. The third kappa shape index (κ3) is 4.90. The van der Waals surface area contributed by atoms with Crippen LogP contribution in [0.5, 0.6) is 5.75 Å². The first-order chi connectivity index (χ1) is 11.9. The molecule has 0 unspecified atom stereocenters. The lowest BCUT2D eigenvalue weighted by Crippen LogP contribution is -2.14. The molecule has 2 rings (SSSR count). The number of amides is 1. The molecular weight excluding hydrogens is 342 g/mol. The maximum absolute atomic E-state index is 12.8. The SMILES string of the molecule is CCc1cc(C(=O)c2ccc(OC)cc2)c(NC(=O)CCC(=O)O)s1. The molecule has 7 heteroatoms. The number of carbonyl (C=O) groups is 3. The molecule has 0 aliphatic rings. The van der Waals surface area contributed by atoms with Gasteiger partial charge in [-0.1, -0.05) is 6.92 Å². The minimum Gasteiger partial charge on any atom is -0.497 e. The largest absolute Gasteiger partial charge is 0.497 e. The van der Waals surface area contributed by atoms with Crippen molar-refractivity contribution in [2.45, 2.75) is 26.2 Å². The van der Waals surface area contributed by atoms with E-state index in [0.717, 1.165) is 11.3 Å². The van der Waals surface area contributed by atoms with E-state index in [-0.39, 0.29) is 18.6 Å². The van der Waals surface area contributed by atoms with Crippen molar-refractivity contribution < 1.29 is 24.2 Å². The fraction of sp³-hybridized carbons (Fsp3) is 0.278. The number of rotatable bonds is 8. The Morgan fingerprint density at radius 3 is 2.40 bits per heavy atom. The molecule has 0 bridgehead atoms. The fourth-order valence-electron chi connectivity index (χ4n) is 2.19. The third-order valence-corrected chi connectivity index (χ3v) is 4.74. The van der Waals surface area contributed by atoms with E-state index in [1.54, 1.807) is 37.4 Å². The number of nitrogens with one attached hydrogen (secondary N) is 1. The number of ether oxygens (including phenoxy) is 1. The summed E-state index contributed by atoms with van der Waals surface area (Å²) in [4.78, 5) is 36.2. The Balaban J connectivity index is 2.23. The van der Waals surface area contributed by atoms with Gasteiger partial charge in [-0.05, 0) is 36.8 Å². The molecule has 0 aliphatic heterocycles. The predicted molar refractivity (Wildman–Crippen MR) is 95.6 cm³/mol. The number of hydrogen-bond donors (Lipinski definition) is 2. The summed E-state index contributed by atoms with van der Waals surface area (Å²) in [6, 6.07) is 8.50. The van der Waals surface area contributed by atoms with Crippen molar-refractivity contribution in [3.05, 3.63) is 46.3 Å². The lowest BCUT2D eigenvalue weighted by Gasteiger charge is -2.06. The third-order valence-electron chi connectivity index (χ3n) is 3.55. The monoisotopic (exact) mass is 361 g/mol. The van der Waals surface area contributed by atoms with Crippen LogP contribution in [0.25, 0.3) is 0 Å². The van der Waals surface area contributed by atoms with Gasteiger partial charge in [0.2, 0.25) is 5.91 Å². The lowest BCUT2D eigenvalue weighted by molar-refractivity contribution is -0.138. The molecule has 0 saturated heterocycles. The van der Waals surface area contributed by atoms with Gasteiger partial charge in [0.25, 0.3) is 0 Å². The topological polar surface area (TPSA) is 92.7 Å². The molecule has 0 saturated carbocycles. The summed E-state index contributed by atoms with van der Waals surface area (Å²) in [7, 11) is 1.55. The Kier molecular flexibility index (Phi) is 6.30. The Morgan fingerprint density at radius 1 is 1.16 bits per heavy atom. The van der Waals surface area contributed by atoms with Crippen molar-refractivity contribution in [2.24, 2.45) is 0 Å². The van der Waals surface area contributed by atoms with Crippen molar-refractivity contribution in [1.82, 2.24) is 0 Å². The normalized spacial score (nSPS) is 10.3. The standard InChI is InChI=1S/C18H19NO5S/c1-3-13-10-14(17(23)11-4-6-12(24-2)7-5-11)18(25-13)19-15(20)8-9-16(21)22/h4-7,10H,3,8-9H2,1-2H3,(H,19,20)(H,21,22). The first-order valence-corrected chi connectivity index (χ1v) is 8.59. The number of hydrogen-bond acceptors (Lipinski definition) is 5. The number of carbonyl (C=O) groups excluding carboxylic acids is 2. The van der Waals surface area contributed by atoms with Gasteiger partial charge < -0.3 is 15.2 Å². The van der Waals surface area contributed by atoms with E-state index in [0.29, 0.717) is 21.9 Å². The van der Waals surface area contributed by atoms with Gasteiger partial charge in [0, 0.05) is 16.9 Å². The van der Waals surface area contributed by atoms with Crippen molar-refractivity contribution in [3.8, 4) is 5.75 Å². The minimum atomic E-state index is -1.04. The predicted octanol–water partition coefficient (Wildman–Crippen LogP) is 3.35. The molecule has 1 aromatic carbocycles. The van der Waals surface area contributed by atoms with Gasteiger partial charge in [-0.25, -0.2) is 0 Å². The van der Waals surface area contributed by atoms with Crippen LogP contribution in [0.4, 0.5) is 5.00 Å². The van der Waals surface area contributed by atoms with Crippen LogP contribution in [0.1, 0.15) is 40.6 Å². The summed E-state index contributed by atoms with van der Waals surface area (Å²) in [5.74, 6) is -1.01. The van der Waals surface area contributed by atoms with Gasteiger partial charge in [0.1, 0.15) is 10.8 Å². The average molecular weight is 361 g/mol. The highest BCUT2D eigenvalue weighted by Gasteiger charge is 2.19. The van der Waals surface area contributed by atoms with E-state index < -0.39 is 11.9 Å². The summed E-state index contributed by atoms with van der Waals surface area (Å²) in [6.45, 7) is 1.96. The molecule has 2 aromatic rings. The van der Waals surface area contributed by atoms with Crippen LogP contribution in [0.3, 0.4) is 0 Å². The van der Waals surface area contributed by atoms with Crippen LogP contribution < -0.4 is 10.1 Å². The van der Waals surface area contributed by atoms with Gasteiger partial charge >= 0.3 is 5.97 Å². The smallest absolute Gasteiger partial charge is 0.303 e. The number of aryl methyl sites for hydroxylation is 1. The lowest BCUT2D eigenvalue weighted by atomic mass is 10.0. The Hall–Kier alpha value is -2.67. The zero-order chi connectivity index (χ0) is 18.4. The van der Waals surface area contributed by atoms with Crippen LogP contribution in [-0.2, 0) is 16.0 Å². The number of anilines is 1. The first-order valence-electron chi connectivity index (χ1n) is 7.77. The fourth-order valence-corrected chi connectivity index (χ4v) is 3.20. The number of methoxy groups -OCH3 is 1. The van der Waals surface area contributed by atoms with E-state index in [1.165, 1.54) is 11.3 Å². The number of carboxylic acids is 1. The van der Waals surface area contributed by atoms with Gasteiger partial charge in [-0.3, -0.25) is 14.4 Å². The number of ketones is 1. The second kappa shape index (κ2) is 8.43. The van der Waals surface area contributed by atoms with E-state index in [1.807, 2.05) is 6.92 Å². The minimum absolute atomic E-state index is 0.134. The highest BCUT2D eigenvalue weighted by atomic mass is 32.1. The molecular formula is C18H19NO5S. The molecule has 0 radical (unpaired) electrons. The summed E-state index contributed by atoms with van der Waals surface area (Å²) in [5.41, 5.74) is 0.901. The zero-order valence-corrected chi connectivity index (χ0v) is 14.8. The highest BCUT2D eigenvalue weighted by molar-refractivity contribution is 7.16. The van der Waals surface area contributed by atoms with Gasteiger partial charge in [0.15, 0.2) is 5.78 Å². The molecule has 0 atom stereocenters. The Labute approximate surface area is 149 Å². The number of thiophene rings is 1. The van der Waals surface area contributed by atoms with Gasteiger partial charge in [-0.15, -0.1) is 11.3 Å². The van der Waals surface area contributed by atoms with Crippen LogP contribution in [-0.4, -0.2) is 29.9 Å². The second-order valence-electron chi connectivity index (χ2n) is 5.31. The molecule has 2 N–H and O–H groups in total. The maximum Gasteiger partial charge on any atom is 0.303 e. The number of benzene rings is 1. The van der Waals surface area contributed by atoms with Crippen molar-refractivity contribution in [2.75, 3.05) is 12.4 Å². The highest BCUT2D eigenvalue weighted by Crippen LogP contribution is 2.31. The van der Waals surface area contributed by atoms with Crippen LogP contribution >= 0.6 is 11.3 Å². The molecule has 132 valence electrons. The summed E-state index contributed by atoms with van der Waals surface area (Å²) in [5, 5.41) is 11.8. The second-order valence-corrected chi connectivity index (χ2v) is 6.45. The Bertz CT molecular complexity index is 779. The van der Waals surface area contributed by atoms with Crippen LogP contribution in [0.2, 0.25) is 0 Å². The summed E-state index contributed by atoms with van der Waals surface area (Å²) >= 11 is 1.33. The Morgan fingerprint density at radius 2 is 1.84 bits per heavy atom. The zero-order valence-electron chi connectivity index (χ0n) is 14.0. The molecule has 0 fully saturated rings. The number of aliphatic carboxylic acids is 1. The quantitative estimate of drug-likeness (QED) is 0.703. The van der Waals surface area contributed by atoms with Gasteiger partial charge in [0.05, 0.1) is 19.1 Å². The van der Waals surface area contributed by atoms with E-state index in [9.17, 15) is 14.4 Å². The molecule has 1 heterocycles. The van der Waals surface area contributed by atoms with E-state index in [2.05, 4.69) is 5.32 Å². The molecule has 0 spiro atoms. The summed E-state index contributed by atoms with van der Waals surface area (Å²) in [6.07, 6.45) is 0.350. The van der Waals surface area contributed by atoms with E-state index >= 15 is 0 Å². The maximum atomic E-state index is 12.8. The summed E-state index contributed by atoms with van der Waals surface area (Å²) < 4.78 is 5.08. The van der Waals surface area contributed by atoms with Crippen LogP contribution in [0.15, 0.2) is 30.3 Å². The van der Waals surface area contributed by atoms with Gasteiger partial charge in [-0.2, -0.15) is 0 Å². The van der Waals surface area contributed by atoms with Crippen molar-refractivity contribution in [1.29, 1.82) is 0 Å². The van der Waals surface area contributed by atoms with E-state index in [4.69, 9.17) is 9.84 Å². The molecule has 0 aliphatic carbocycles. The first kappa shape index (κ1) is 18.7.